The number of nitrogens with zero attached hydrogens (tertiary/aromatic N) is 3. The lowest BCUT2D eigenvalue weighted by atomic mass is 9.96. The topological polar surface area (TPSA) is 55.9 Å². The summed E-state index contributed by atoms with van der Waals surface area (Å²) in [7, 11) is 0. The Hall–Kier alpha value is -2.28. The molecular weight excluding hydrogens is 326 g/mol. The first-order valence-corrected chi connectivity index (χ1v) is 8.72. The average molecular weight is 344 g/mol. The third-order valence-corrected chi connectivity index (χ3v) is 5.32. The summed E-state index contributed by atoms with van der Waals surface area (Å²) in [6.07, 6.45) is 1.54. The van der Waals surface area contributed by atoms with E-state index in [2.05, 4.69) is 20.0 Å². The summed E-state index contributed by atoms with van der Waals surface area (Å²) in [5, 5.41) is 7.94. The Bertz CT molecular complexity index is 948. The van der Waals surface area contributed by atoms with E-state index in [0.29, 0.717) is 24.7 Å². The van der Waals surface area contributed by atoms with Gasteiger partial charge in [-0.2, -0.15) is 4.98 Å². The van der Waals surface area contributed by atoms with Gasteiger partial charge in [0.25, 0.3) is 0 Å². The van der Waals surface area contributed by atoms with Crippen molar-refractivity contribution in [2.45, 2.75) is 37.9 Å². The average Bonchev–Trinajstić information content (AvgIpc) is 3.30. The second kappa shape index (κ2) is 5.62. The van der Waals surface area contributed by atoms with Crippen LogP contribution in [0.1, 0.15) is 30.3 Å². The lowest BCUT2D eigenvalue weighted by molar-refractivity contribution is 0.197. The van der Waals surface area contributed by atoms with Crippen molar-refractivity contribution < 1.29 is 13.3 Å². The van der Waals surface area contributed by atoms with Gasteiger partial charge in [-0.05, 0) is 44.0 Å². The second-order valence-corrected chi connectivity index (χ2v) is 6.81. The number of benzene rings is 1. The smallest absolute Gasteiger partial charge is 0.233 e. The van der Waals surface area contributed by atoms with Crippen LogP contribution in [0.3, 0.4) is 0 Å². The van der Waals surface area contributed by atoms with Crippen molar-refractivity contribution >= 4 is 10.9 Å². The standard InChI is InChI=1S/C18H18F2N4O/c19-10-3-4-14-12(8-10)16(15-2-1-7-24(14)15)17-22-18(25-23-17)11-5-6-21-9-13(11)20/h3-4,8,11,13,21H,1-2,5-7,9H2/t11-,13+/m0/s1. The van der Waals surface area contributed by atoms with E-state index >= 15 is 0 Å². The van der Waals surface area contributed by atoms with E-state index in [9.17, 15) is 8.78 Å². The van der Waals surface area contributed by atoms with Crippen LogP contribution in [0.2, 0.25) is 0 Å². The van der Waals surface area contributed by atoms with Gasteiger partial charge in [-0.3, -0.25) is 0 Å². The van der Waals surface area contributed by atoms with Crippen molar-refractivity contribution in [2.75, 3.05) is 13.1 Å². The third-order valence-electron chi connectivity index (χ3n) is 5.32. The SMILES string of the molecule is Fc1ccc2c(c1)c(-c1noc([C@H]3CCNC[C@H]3F)n1)c1n2CCC1. The van der Waals surface area contributed by atoms with Crippen LogP contribution in [0.25, 0.3) is 22.3 Å². The molecule has 1 saturated heterocycles. The Morgan fingerprint density at radius 2 is 2.24 bits per heavy atom. The molecule has 0 spiro atoms. The minimum Gasteiger partial charge on any atom is -0.344 e. The lowest BCUT2D eigenvalue weighted by Gasteiger charge is -2.23. The van der Waals surface area contributed by atoms with Crippen molar-refractivity contribution in [3.8, 4) is 11.4 Å². The molecule has 5 rings (SSSR count). The molecule has 25 heavy (non-hydrogen) atoms. The Morgan fingerprint density at radius 1 is 1.32 bits per heavy atom. The molecule has 3 aromatic rings. The first-order chi connectivity index (χ1) is 12.2. The van der Waals surface area contributed by atoms with Gasteiger partial charge in [0, 0.05) is 29.7 Å². The number of hydrogen-bond acceptors (Lipinski definition) is 4. The van der Waals surface area contributed by atoms with Gasteiger partial charge in [0.05, 0.1) is 11.5 Å². The van der Waals surface area contributed by atoms with Crippen LogP contribution in [0.4, 0.5) is 8.78 Å². The van der Waals surface area contributed by atoms with E-state index in [1.807, 2.05) is 0 Å². The van der Waals surface area contributed by atoms with Crippen LogP contribution in [-0.4, -0.2) is 34.0 Å². The molecule has 0 radical (unpaired) electrons. The highest BCUT2D eigenvalue weighted by molar-refractivity contribution is 5.96. The largest absolute Gasteiger partial charge is 0.344 e. The molecule has 5 nitrogen and oxygen atoms in total. The fourth-order valence-corrected chi connectivity index (χ4v) is 4.14. The molecule has 0 saturated carbocycles. The quantitative estimate of drug-likeness (QED) is 0.776. The molecule has 1 aromatic carbocycles. The molecule has 2 aliphatic rings. The fourth-order valence-electron chi connectivity index (χ4n) is 4.14. The number of aromatic nitrogens is 3. The highest BCUT2D eigenvalue weighted by atomic mass is 19.1. The molecule has 4 heterocycles. The van der Waals surface area contributed by atoms with Gasteiger partial charge in [0.1, 0.15) is 12.0 Å². The molecule has 7 heteroatoms. The number of nitrogens with one attached hydrogen (secondary N) is 1. The monoisotopic (exact) mass is 344 g/mol. The minimum atomic E-state index is -1.03. The van der Waals surface area contributed by atoms with E-state index in [1.165, 1.54) is 12.1 Å². The molecule has 1 N–H and O–H groups in total. The fraction of sp³-hybridized carbons (Fsp3) is 0.444. The van der Waals surface area contributed by atoms with E-state index in [4.69, 9.17) is 4.52 Å². The van der Waals surface area contributed by atoms with Gasteiger partial charge in [0.15, 0.2) is 0 Å². The van der Waals surface area contributed by atoms with E-state index in [-0.39, 0.29) is 11.7 Å². The number of hydrogen-bond donors (Lipinski definition) is 1. The molecular formula is C18H18F2N4O. The molecule has 0 amide bonds. The molecule has 1 fully saturated rings. The molecule has 0 aliphatic carbocycles. The lowest BCUT2D eigenvalue weighted by Crippen LogP contribution is -2.36. The number of alkyl halides is 1. The van der Waals surface area contributed by atoms with Crippen LogP contribution < -0.4 is 5.32 Å². The van der Waals surface area contributed by atoms with Gasteiger partial charge >= 0.3 is 0 Å². The maximum absolute atomic E-state index is 14.2. The molecule has 0 unspecified atom stereocenters. The van der Waals surface area contributed by atoms with Crippen molar-refractivity contribution in [3.05, 3.63) is 35.6 Å². The summed E-state index contributed by atoms with van der Waals surface area (Å²) in [5.74, 6) is 0.114. The maximum atomic E-state index is 14.2. The van der Waals surface area contributed by atoms with Crippen molar-refractivity contribution in [1.82, 2.24) is 20.0 Å². The normalized spacial score (nSPS) is 23.3. The van der Waals surface area contributed by atoms with Gasteiger partial charge in [-0.15, -0.1) is 0 Å². The zero-order chi connectivity index (χ0) is 17.0. The number of rotatable bonds is 2. The van der Waals surface area contributed by atoms with Crippen LogP contribution in [-0.2, 0) is 13.0 Å². The summed E-state index contributed by atoms with van der Waals surface area (Å²) in [6.45, 7) is 1.94. The predicted molar refractivity (Wildman–Crippen MR) is 88.6 cm³/mol. The van der Waals surface area contributed by atoms with Crippen LogP contribution >= 0.6 is 0 Å². The Labute approximate surface area is 143 Å². The van der Waals surface area contributed by atoms with Crippen LogP contribution in [0.15, 0.2) is 22.7 Å². The number of halogens is 2. The number of aryl methyl sites for hydroxylation is 1. The van der Waals surface area contributed by atoms with Gasteiger partial charge < -0.3 is 14.4 Å². The summed E-state index contributed by atoms with van der Waals surface area (Å²) in [4.78, 5) is 4.50. The molecule has 0 bridgehead atoms. The summed E-state index contributed by atoms with van der Waals surface area (Å²) in [5.41, 5.74) is 2.92. The van der Waals surface area contributed by atoms with Gasteiger partial charge in [-0.1, -0.05) is 5.16 Å². The Kier molecular flexibility index (Phi) is 3.38. The second-order valence-electron chi connectivity index (χ2n) is 6.81. The summed E-state index contributed by atoms with van der Waals surface area (Å²) < 4.78 is 35.6. The zero-order valence-electron chi connectivity index (χ0n) is 13.6. The number of piperidine rings is 1. The van der Waals surface area contributed by atoms with Crippen molar-refractivity contribution in [3.63, 3.8) is 0 Å². The van der Waals surface area contributed by atoms with E-state index in [1.54, 1.807) is 6.07 Å². The van der Waals surface area contributed by atoms with E-state index in [0.717, 1.165) is 48.1 Å². The molecule has 2 aromatic heterocycles. The minimum absolute atomic E-state index is 0.288. The van der Waals surface area contributed by atoms with Crippen molar-refractivity contribution in [1.29, 1.82) is 0 Å². The number of fused-ring (bicyclic) bond motifs is 3. The van der Waals surface area contributed by atoms with Crippen LogP contribution in [0, 0.1) is 5.82 Å². The highest BCUT2D eigenvalue weighted by Crippen LogP contribution is 2.38. The highest BCUT2D eigenvalue weighted by Gasteiger charge is 2.32. The molecule has 2 aliphatic heterocycles. The van der Waals surface area contributed by atoms with E-state index < -0.39 is 6.17 Å². The molecule has 2 atom stereocenters. The first-order valence-electron chi connectivity index (χ1n) is 8.72. The van der Waals surface area contributed by atoms with Crippen molar-refractivity contribution in [2.24, 2.45) is 0 Å². The third kappa shape index (κ3) is 2.29. The van der Waals surface area contributed by atoms with Crippen LogP contribution in [0.5, 0.6) is 0 Å². The summed E-state index contributed by atoms with van der Waals surface area (Å²) in [6, 6.07) is 4.80. The zero-order valence-corrected chi connectivity index (χ0v) is 13.6. The maximum Gasteiger partial charge on any atom is 0.233 e. The Morgan fingerprint density at radius 3 is 3.12 bits per heavy atom. The summed E-state index contributed by atoms with van der Waals surface area (Å²) >= 11 is 0. The van der Waals surface area contributed by atoms with Gasteiger partial charge in [0.2, 0.25) is 11.7 Å². The Balaban J connectivity index is 1.63. The first kappa shape index (κ1) is 15.0. The molecule has 130 valence electrons. The van der Waals surface area contributed by atoms with Gasteiger partial charge in [-0.25, -0.2) is 8.78 Å². The predicted octanol–water partition coefficient (Wildman–Crippen LogP) is 3.19.